The predicted molar refractivity (Wildman–Crippen MR) is 173 cm³/mol. The molecule has 16 heteroatoms. The summed E-state index contributed by atoms with van der Waals surface area (Å²) in [5, 5.41) is 22.7. The molecule has 2 heterocycles. The molecule has 0 bridgehead atoms. The molecule has 0 fully saturated rings. The van der Waals surface area contributed by atoms with Crippen molar-refractivity contribution in [2.24, 2.45) is 4.99 Å². The normalized spacial score (nSPS) is 14.1. The van der Waals surface area contributed by atoms with Crippen LogP contribution < -0.4 is 33.8 Å². The van der Waals surface area contributed by atoms with E-state index in [1.807, 2.05) is 0 Å². The van der Waals surface area contributed by atoms with Gasteiger partial charge in [0.15, 0.2) is 16.3 Å². The van der Waals surface area contributed by atoms with Crippen LogP contribution in [0.1, 0.15) is 31.0 Å². The molecule has 1 atom stereocenters. The van der Waals surface area contributed by atoms with E-state index in [1.54, 1.807) is 50.3 Å². The molecule has 0 aliphatic carbocycles. The summed E-state index contributed by atoms with van der Waals surface area (Å²) in [7, 11) is 4.36. The van der Waals surface area contributed by atoms with Gasteiger partial charge in [-0.2, -0.15) is 0 Å². The third kappa shape index (κ3) is 6.32. The summed E-state index contributed by atoms with van der Waals surface area (Å²) in [5.74, 6) is 0.320. The van der Waals surface area contributed by atoms with E-state index in [9.17, 15) is 29.8 Å². The van der Waals surface area contributed by atoms with Crippen molar-refractivity contribution in [3.63, 3.8) is 0 Å². The molecule has 0 saturated carbocycles. The number of hydrogen-bond acceptors (Lipinski definition) is 13. The first kappa shape index (κ1) is 33.3. The second-order valence-electron chi connectivity index (χ2n) is 10.1. The number of nitro groups is 2. The van der Waals surface area contributed by atoms with Crippen molar-refractivity contribution in [2.75, 3.05) is 27.9 Å². The fourth-order valence-corrected chi connectivity index (χ4v) is 6.15. The number of hydrogen-bond donors (Lipinski definition) is 0. The van der Waals surface area contributed by atoms with Crippen LogP contribution in [-0.2, 0) is 9.53 Å². The molecule has 248 valence electrons. The summed E-state index contributed by atoms with van der Waals surface area (Å²) in [4.78, 5) is 53.4. The maximum Gasteiger partial charge on any atom is 0.338 e. The van der Waals surface area contributed by atoms with Gasteiger partial charge in [0.25, 0.3) is 11.2 Å². The van der Waals surface area contributed by atoms with Crippen molar-refractivity contribution >= 4 is 34.8 Å². The van der Waals surface area contributed by atoms with Gasteiger partial charge in [-0.25, -0.2) is 9.79 Å². The molecule has 0 radical (unpaired) electrons. The van der Waals surface area contributed by atoms with Crippen molar-refractivity contribution in [3.05, 3.63) is 117 Å². The Labute approximate surface area is 275 Å². The number of nitrogens with zero attached hydrogens (tertiary/aromatic N) is 4. The predicted octanol–water partition coefficient (Wildman–Crippen LogP) is 4.43. The number of aromatic nitrogens is 1. The minimum absolute atomic E-state index is 0.0920. The van der Waals surface area contributed by atoms with Gasteiger partial charge in [-0.3, -0.25) is 29.6 Å². The van der Waals surface area contributed by atoms with E-state index in [2.05, 4.69) is 4.99 Å². The van der Waals surface area contributed by atoms with Gasteiger partial charge in [-0.15, -0.1) is 0 Å². The van der Waals surface area contributed by atoms with E-state index in [0.29, 0.717) is 33.1 Å². The number of ether oxygens (including phenoxy) is 5. The number of thiazole rings is 1. The highest BCUT2D eigenvalue weighted by Crippen LogP contribution is 2.39. The second-order valence-corrected chi connectivity index (χ2v) is 11.1. The quantitative estimate of drug-likeness (QED) is 0.124. The zero-order chi connectivity index (χ0) is 34.7. The average molecular weight is 677 g/mol. The standard InChI is InChI=1S/C32H28N4O11S/c1-6-46-31(38)28-17(2)33-32-34(29(28)21-10-9-20(43-3)16-25(21)44-4)30(37)27(48-32)14-18-7-11-24(26(13-18)45-5)47-23-12-8-19(35(39)40)15-22(23)36(41)42/h7-16,29H,6H2,1-5H3/b27-14-/t29-/m0/s1. The van der Waals surface area contributed by atoms with Crippen LogP contribution in [0.3, 0.4) is 0 Å². The molecule has 0 unspecified atom stereocenters. The third-order valence-corrected chi connectivity index (χ3v) is 8.29. The first-order valence-corrected chi connectivity index (χ1v) is 15.0. The Morgan fingerprint density at radius 2 is 1.67 bits per heavy atom. The van der Waals surface area contributed by atoms with Gasteiger partial charge in [0.05, 0.1) is 59.7 Å². The van der Waals surface area contributed by atoms with Crippen LogP contribution in [0.2, 0.25) is 0 Å². The fourth-order valence-electron chi connectivity index (χ4n) is 5.11. The Morgan fingerprint density at radius 3 is 2.31 bits per heavy atom. The minimum atomic E-state index is -0.925. The number of benzene rings is 3. The number of methoxy groups -OCH3 is 3. The minimum Gasteiger partial charge on any atom is -0.497 e. The molecule has 0 amide bonds. The van der Waals surface area contributed by atoms with Gasteiger partial charge in [0, 0.05) is 17.7 Å². The lowest BCUT2D eigenvalue weighted by atomic mass is 9.95. The summed E-state index contributed by atoms with van der Waals surface area (Å²) >= 11 is 1.11. The van der Waals surface area contributed by atoms with Crippen LogP contribution in [0.25, 0.3) is 6.08 Å². The van der Waals surface area contributed by atoms with E-state index in [4.69, 9.17) is 23.7 Å². The van der Waals surface area contributed by atoms with Crippen molar-refractivity contribution in [3.8, 4) is 28.7 Å². The van der Waals surface area contributed by atoms with Gasteiger partial charge < -0.3 is 23.7 Å². The van der Waals surface area contributed by atoms with Gasteiger partial charge in [-0.1, -0.05) is 17.4 Å². The molecule has 0 saturated heterocycles. The average Bonchev–Trinajstić information content (AvgIpc) is 3.37. The van der Waals surface area contributed by atoms with Crippen molar-refractivity contribution in [2.45, 2.75) is 19.9 Å². The zero-order valence-electron chi connectivity index (χ0n) is 26.2. The van der Waals surface area contributed by atoms with Gasteiger partial charge >= 0.3 is 11.7 Å². The number of nitro benzene ring substituents is 2. The van der Waals surface area contributed by atoms with E-state index >= 15 is 0 Å². The van der Waals surface area contributed by atoms with E-state index in [-0.39, 0.29) is 34.0 Å². The Morgan fingerprint density at radius 1 is 0.938 bits per heavy atom. The van der Waals surface area contributed by atoms with Crippen LogP contribution >= 0.6 is 11.3 Å². The maximum absolute atomic E-state index is 14.1. The van der Waals surface area contributed by atoms with Gasteiger partial charge in [-0.05, 0) is 55.8 Å². The highest BCUT2D eigenvalue weighted by molar-refractivity contribution is 7.07. The summed E-state index contributed by atoms with van der Waals surface area (Å²) in [5.41, 5.74) is 0.105. The Kier molecular flexibility index (Phi) is 9.56. The van der Waals surface area contributed by atoms with Gasteiger partial charge in [0.2, 0.25) is 5.75 Å². The third-order valence-electron chi connectivity index (χ3n) is 7.31. The van der Waals surface area contributed by atoms with E-state index in [1.165, 1.54) is 32.0 Å². The molecular weight excluding hydrogens is 648 g/mol. The molecule has 1 aliphatic rings. The summed E-state index contributed by atoms with van der Waals surface area (Å²) in [6.07, 6.45) is 1.61. The molecule has 4 aromatic rings. The number of carbonyl (C=O) groups is 1. The molecule has 0 spiro atoms. The summed E-state index contributed by atoms with van der Waals surface area (Å²) < 4.78 is 29.2. The number of non-ortho nitro benzene ring substituents is 1. The summed E-state index contributed by atoms with van der Waals surface area (Å²) in [6, 6.07) is 11.8. The topological polar surface area (TPSA) is 184 Å². The molecule has 5 rings (SSSR count). The molecular formula is C32H28N4O11S. The second kappa shape index (κ2) is 13.8. The Bertz CT molecular complexity index is 2170. The molecule has 15 nitrogen and oxygen atoms in total. The Balaban J connectivity index is 1.60. The number of esters is 1. The van der Waals surface area contributed by atoms with Crippen molar-refractivity contribution in [1.29, 1.82) is 0 Å². The number of rotatable bonds is 11. The van der Waals surface area contributed by atoms with Crippen LogP contribution in [0.4, 0.5) is 11.4 Å². The molecule has 1 aromatic heterocycles. The number of fused-ring (bicyclic) bond motifs is 1. The highest BCUT2D eigenvalue weighted by atomic mass is 32.1. The van der Waals surface area contributed by atoms with Crippen LogP contribution in [0.5, 0.6) is 28.7 Å². The first-order chi connectivity index (χ1) is 23.0. The number of allylic oxidation sites excluding steroid dienone is 1. The monoisotopic (exact) mass is 676 g/mol. The van der Waals surface area contributed by atoms with Crippen LogP contribution in [-0.4, -0.2) is 48.3 Å². The number of carbonyl (C=O) groups excluding carboxylic acids is 1. The SMILES string of the molecule is CCOC(=O)C1=C(C)N=c2s/c(=C\c3ccc(Oc4ccc([N+](=O)[O-])cc4[N+](=O)[O-])c(OC)c3)c(=O)n2[C@H]1c1ccc(OC)cc1OC. The van der Waals surface area contributed by atoms with Crippen LogP contribution in [0, 0.1) is 20.2 Å². The lowest BCUT2D eigenvalue weighted by molar-refractivity contribution is -0.394. The lowest BCUT2D eigenvalue weighted by Gasteiger charge is -2.26. The highest BCUT2D eigenvalue weighted by Gasteiger charge is 2.35. The van der Waals surface area contributed by atoms with E-state index < -0.39 is 38.8 Å². The molecule has 0 N–H and O–H groups in total. The largest absolute Gasteiger partial charge is 0.497 e. The molecule has 3 aromatic carbocycles. The van der Waals surface area contributed by atoms with Crippen LogP contribution in [0.15, 0.2) is 75.7 Å². The van der Waals surface area contributed by atoms with Crippen molar-refractivity contribution < 1.29 is 38.3 Å². The first-order valence-electron chi connectivity index (χ1n) is 14.2. The lowest BCUT2D eigenvalue weighted by Crippen LogP contribution is -2.40. The Hall–Kier alpha value is -6.03. The van der Waals surface area contributed by atoms with Gasteiger partial charge in [0.1, 0.15) is 17.5 Å². The van der Waals surface area contributed by atoms with Crippen molar-refractivity contribution in [1.82, 2.24) is 4.57 Å². The summed E-state index contributed by atoms with van der Waals surface area (Å²) in [6.45, 7) is 3.47. The maximum atomic E-state index is 14.1. The molecule has 1 aliphatic heterocycles. The zero-order valence-corrected chi connectivity index (χ0v) is 27.1. The smallest absolute Gasteiger partial charge is 0.338 e. The fraction of sp³-hybridized carbons (Fsp3) is 0.219. The van der Waals surface area contributed by atoms with E-state index in [0.717, 1.165) is 29.5 Å². The molecule has 48 heavy (non-hydrogen) atoms.